The van der Waals surface area contributed by atoms with Crippen LogP contribution in [-0.2, 0) is 10.6 Å². The van der Waals surface area contributed by atoms with Crippen LogP contribution in [0.4, 0.5) is 4.39 Å². The lowest BCUT2D eigenvalue weighted by molar-refractivity contribution is -0.0192. The predicted molar refractivity (Wildman–Crippen MR) is 77.9 cm³/mol. The fourth-order valence-electron chi connectivity index (χ4n) is 2.76. The summed E-state index contributed by atoms with van der Waals surface area (Å²) in [6.07, 6.45) is 2.10. The summed E-state index contributed by atoms with van der Waals surface area (Å²) >= 11 is 11.8. The first kappa shape index (κ1) is 14.1. The molecule has 0 amide bonds. The number of fused-ring (bicyclic) bond motifs is 1. The van der Waals surface area contributed by atoms with Gasteiger partial charge in [0.15, 0.2) is 0 Å². The molecule has 3 nitrogen and oxygen atoms in total. The van der Waals surface area contributed by atoms with E-state index in [-0.39, 0.29) is 17.2 Å². The second-order valence-electron chi connectivity index (χ2n) is 4.99. The second kappa shape index (κ2) is 5.51. The molecule has 0 unspecified atom stereocenters. The normalized spacial score (nSPS) is 22.2. The van der Waals surface area contributed by atoms with Crippen molar-refractivity contribution in [2.45, 2.75) is 37.8 Å². The van der Waals surface area contributed by atoms with E-state index in [0.29, 0.717) is 18.0 Å². The Morgan fingerprint density at radius 1 is 1.45 bits per heavy atom. The zero-order chi connectivity index (χ0) is 14.3. The molecule has 0 saturated heterocycles. The Bertz CT molecular complexity index is 638. The third kappa shape index (κ3) is 2.30. The van der Waals surface area contributed by atoms with E-state index in [1.54, 1.807) is 6.07 Å². The minimum absolute atomic E-state index is 0.0871. The molecule has 1 aliphatic rings. The number of alkyl halides is 1. The van der Waals surface area contributed by atoms with Gasteiger partial charge in [-0.05, 0) is 25.8 Å². The van der Waals surface area contributed by atoms with Gasteiger partial charge in [-0.2, -0.15) is 0 Å². The Hall–Kier alpha value is -0.840. The summed E-state index contributed by atoms with van der Waals surface area (Å²) in [5.74, 6) is 0.620. The lowest BCUT2D eigenvalue weighted by Gasteiger charge is -2.36. The second-order valence-corrected chi connectivity index (χ2v) is 5.66. The molecule has 6 heteroatoms. The van der Waals surface area contributed by atoms with Crippen molar-refractivity contribution in [1.29, 1.82) is 0 Å². The highest BCUT2D eigenvalue weighted by atomic mass is 35.5. The number of halogens is 3. The van der Waals surface area contributed by atoms with Crippen molar-refractivity contribution in [3.8, 4) is 0 Å². The largest absolute Gasteiger partial charge is 0.378 e. The van der Waals surface area contributed by atoms with E-state index >= 15 is 0 Å². The van der Waals surface area contributed by atoms with Gasteiger partial charge in [0.2, 0.25) is 0 Å². The predicted octanol–water partition coefficient (Wildman–Crippen LogP) is 4.31. The third-order valence-electron chi connectivity index (χ3n) is 3.76. The standard InChI is InChI=1S/C14H15Cl2FN2O/c1-2-20-9-3-8(4-9)19-13-6-11(17)10(16)5-12(13)18-14(19)7-15/h5-6,8-9H,2-4,7H2,1H3. The van der Waals surface area contributed by atoms with E-state index in [2.05, 4.69) is 4.98 Å². The van der Waals surface area contributed by atoms with Gasteiger partial charge in [0, 0.05) is 18.7 Å². The van der Waals surface area contributed by atoms with Crippen LogP contribution in [0.2, 0.25) is 5.02 Å². The highest BCUT2D eigenvalue weighted by Crippen LogP contribution is 2.38. The number of ether oxygens (including phenoxy) is 1. The van der Waals surface area contributed by atoms with Gasteiger partial charge >= 0.3 is 0 Å². The van der Waals surface area contributed by atoms with Crippen LogP contribution in [0.3, 0.4) is 0 Å². The van der Waals surface area contributed by atoms with Gasteiger partial charge in [0.1, 0.15) is 11.6 Å². The van der Waals surface area contributed by atoms with E-state index in [1.165, 1.54) is 6.07 Å². The number of aromatic nitrogens is 2. The van der Waals surface area contributed by atoms with Crippen molar-refractivity contribution in [2.24, 2.45) is 0 Å². The van der Waals surface area contributed by atoms with E-state index in [9.17, 15) is 4.39 Å². The first-order valence-electron chi connectivity index (χ1n) is 6.67. The molecule has 108 valence electrons. The molecule has 0 atom stereocenters. The Balaban J connectivity index is 1.99. The molecule has 20 heavy (non-hydrogen) atoms. The van der Waals surface area contributed by atoms with E-state index < -0.39 is 5.82 Å². The van der Waals surface area contributed by atoms with Crippen LogP contribution in [0.1, 0.15) is 31.6 Å². The van der Waals surface area contributed by atoms with Gasteiger partial charge < -0.3 is 9.30 Å². The van der Waals surface area contributed by atoms with Crippen LogP contribution in [0.25, 0.3) is 11.0 Å². The Kier molecular flexibility index (Phi) is 3.89. The number of imidazole rings is 1. The van der Waals surface area contributed by atoms with Gasteiger partial charge in [-0.25, -0.2) is 9.37 Å². The first-order valence-corrected chi connectivity index (χ1v) is 7.58. The summed E-state index contributed by atoms with van der Waals surface area (Å²) in [6.45, 7) is 2.70. The zero-order valence-corrected chi connectivity index (χ0v) is 12.6. The Morgan fingerprint density at radius 2 is 2.20 bits per heavy atom. The Labute approximate surface area is 126 Å². The highest BCUT2D eigenvalue weighted by Gasteiger charge is 2.33. The molecule has 1 aromatic heterocycles. The molecule has 1 fully saturated rings. The van der Waals surface area contributed by atoms with Crippen molar-refractivity contribution in [3.63, 3.8) is 0 Å². The van der Waals surface area contributed by atoms with Crippen LogP contribution in [0.5, 0.6) is 0 Å². The SMILES string of the molecule is CCOC1CC(n2c(CCl)nc3cc(Cl)c(F)cc32)C1. The van der Waals surface area contributed by atoms with Crippen LogP contribution >= 0.6 is 23.2 Å². The van der Waals surface area contributed by atoms with Crippen LogP contribution in [-0.4, -0.2) is 22.3 Å². The average Bonchev–Trinajstić information content (AvgIpc) is 2.71. The zero-order valence-electron chi connectivity index (χ0n) is 11.1. The maximum atomic E-state index is 13.7. The van der Waals surface area contributed by atoms with E-state index in [0.717, 1.165) is 24.2 Å². The number of nitrogens with zero attached hydrogens (tertiary/aromatic N) is 2. The topological polar surface area (TPSA) is 27.1 Å². The molecule has 1 saturated carbocycles. The molecule has 0 radical (unpaired) electrons. The highest BCUT2D eigenvalue weighted by molar-refractivity contribution is 6.31. The maximum absolute atomic E-state index is 13.7. The van der Waals surface area contributed by atoms with Crippen LogP contribution in [0.15, 0.2) is 12.1 Å². The molecule has 2 aromatic rings. The minimum Gasteiger partial charge on any atom is -0.378 e. The lowest BCUT2D eigenvalue weighted by Crippen LogP contribution is -2.34. The van der Waals surface area contributed by atoms with Crippen molar-refractivity contribution in [1.82, 2.24) is 9.55 Å². The summed E-state index contributed by atoms with van der Waals surface area (Å²) in [5, 5.41) is 0.0871. The van der Waals surface area contributed by atoms with Crippen LogP contribution < -0.4 is 0 Å². The van der Waals surface area contributed by atoms with Crippen molar-refractivity contribution in [2.75, 3.05) is 6.61 Å². The number of hydrogen-bond donors (Lipinski definition) is 0. The van der Waals surface area contributed by atoms with Crippen LogP contribution in [0, 0.1) is 5.82 Å². The van der Waals surface area contributed by atoms with Crippen molar-refractivity contribution < 1.29 is 9.13 Å². The summed E-state index contributed by atoms with van der Waals surface area (Å²) in [4.78, 5) is 4.45. The smallest absolute Gasteiger partial charge is 0.144 e. The summed E-state index contributed by atoms with van der Waals surface area (Å²) < 4.78 is 21.3. The monoisotopic (exact) mass is 316 g/mol. The third-order valence-corrected chi connectivity index (χ3v) is 4.29. The molecule has 3 rings (SSSR count). The minimum atomic E-state index is -0.429. The maximum Gasteiger partial charge on any atom is 0.144 e. The fraction of sp³-hybridized carbons (Fsp3) is 0.500. The van der Waals surface area contributed by atoms with Gasteiger partial charge in [-0.3, -0.25) is 0 Å². The molecule has 1 aliphatic carbocycles. The molecular formula is C14H15Cl2FN2O. The summed E-state index contributed by atoms with van der Waals surface area (Å²) in [7, 11) is 0. The van der Waals surface area contributed by atoms with Gasteiger partial charge in [0.05, 0.1) is 28.0 Å². The summed E-state index contributed by atoms with van der Waals surface area (Å²) in [6, 6.07) is 3.26. The lowest BCUT2D eigenvalue weighted by atomic mass is 9.88. The molecule has 0 N–H and O–H groups in total. The number of rotatable bonds is 4. The van der Waals surface area contributed by atoms with Gasteiger partial charge in [0.25, 0.3) is 0 Å². The Morgan fingerprint density at radius 3 is 2.85 bits per heavy atom. The van der Waals surface area contributed by atoms with Crippen molar-refractivity contribution >= 4 is 34.2 Å². The quantitative estimate of drug-likeness (QED) is 0.786. The summed E-state index contributed by atoms with van der Waals surface area (Å²) in [5.41, 5.74) is 1.44. The molecule has 0 bridgehead atoms. The van der Waals surface area contributed by atoms with Crippen molar-refractivity contribution in [3.05, 3.63) is 28.8 Å². The number of hydrogen-bond acceptors (Lipinski definition) is 2. The molecule has 1 heterocycles. The average molecular weight is 317 g/mol. The first-order chi connectivity index (χ1) is 9.63. The van der Waals surface area contributed by atoms with E-state index in [1.807, 2.05) is 11.5 Å². The van der Waals surface area contributed by atoms with Gasteiger partial charge in [-0.15, -0.1) is 11.6 Å². The van der Waals surface area contributed by atoms with Gasteiger partial charge in [-0.1, -0.05) is 11.6 Å². The molecular weight excluding hydrogens is 302 g/mol. The number of benzene rings is 1. The molecule has 0 spiro atoms. The molecule has 0 aliphatic heterocycles. The van der Waals surface area contributed by atoms with E-state index in [4.69, 9.17) is 27.9 Å². The fourth-order valence-corrected chi connectivity index (χ4v) is 3.11. The molecule has 1 aromatic carbocycles.